The first-order chi connectivity index (χ1) is 8.90. The second-order valence-electron chi connectivity index (χ2n) is 6.18. The molecule has 0 aromatic carbocycles. The molecule has 1 unspecified atom stereocenters. The summed E-state index contributed by atoms with van der Waals surface area (Å²) >= 11 is 0. The summed E-state index contributed by atoms with van der Waals surface area (Å²) in [5.74, 6) is 0.499. The lowest BCUT2D eigenvalue weighted by Gasteiger charge is -2.42. The number of carbonyl (C=O) groups is 1. The predicted octanol–water partition coefficient (Wildman–Crippen LogP) is 2.66. The molecule has 3 nitrogen and oxygen atoms in total. The molecular formula is C16H25NO2. The van der Waals surface area contributed by atoms with E-state index in [2.05, 4.69) is 18.4 Å². The molecule has 3 atom stereocenters. The number of ketones is 1. The van der Waals surface area contributed by atoms with Crippen molar-refractivity contribution in [2.24, 2.45) is 5.92 Å². The number of piperidine rings is 1. The minimum atomic E-state index is -0.267. The van der Waals surface area contributed by atoms with Gasteiger partial charge in [0, 0.05) is 30.3 Å². The molecule has 2 aliphatic rings. The predicted molar refractivity (Wildman–Crippen MR) is 76.7 cm³/mol. The maximum atomic E-state index is 12.2. The van der Waals surface area contributed by atoms with Crippen LogP contribution in [0.3, 0.4) is 0 Å². The highest BCUT2D eigenvalue weighted by Crippen LogP contribution is 2.35. The van der Waals surface area contributed by atoms with Crippen LogP contribution >= 0.6 is 0 Å². The molecule has 0 aromatic rings. The second kappa shape index (κ2) is 5.49. The number of allylic oxidation sites excluding steroid dienone is 3. The van der Waals surface area contributed by atoms with Gasteiger partial charge in [0.25, 0.3) is 0 Å². The Balaban J connectivity index is 2.27. The number of aliphatic hydroxyl groups is 1. The smallest absolute Gasteiger partial charge is 0.160 e. The van der Waals surface area contributed by atoms with Gasteiger partial charge in [-0.2, -0.15) is 0 Å². The highest BCUT2D eigenvalue weighted by molar-refractivity contribution is 5.96. The number of β-amino-alcohol motifs (C(OH)–C–C–N with tert-alkyl or cyclic N) is 1. The average molecular weight is 263 g/mol. The normalized spacial score (nSPS) is 32.7. The molecule has 1 N–H and O–H groups in total. The molecule has 19 heavy (non-hydrogen) atoms. The Morgan fingerprint density at radius 3 is 2.68 bits per heavy atom. The lowest BCUT2D eigenvalue weighted by Crippen LogP contribution is -2.45. The Bertz CT molecular complexity index is 424. The monoisotopic (exact) mass is 263 g/mol. The number of hydrogen-bond acceptors (Lipinski definition) is 3. The van der Waals surface area contributed by atoms with Gasteiger partial charge in [-0.15, -0.1) is 0 Å². The Hall–Kier alpha value is -1.09. The van der Waals surface area contributed by atoms with E-state index in [1.807, 2.05) is 13.8 Å². The number of carbonyl (C=O) groups excluding carboxylic acids is 1. The fourth-order valence-electron chi connectivity index (χ4n) is 3.14. The number of Topliss-reactive ketones (excluding diaryl/α,β-unsaturated/α-hetero) is 1. The van der Waals surface area contributed by atoms with E-state index in [0.717, 1.165) is 36.1 Å². The van der Waals surface area contributed by atoms with Gasteiger partial charge in [0.1, 0.15) is 0 Å². The number of hydrogen-bond donors (Lipinski definition) is 1. The Morgan fingerprint density at radius 1 is 1.37 bits per heavy atom. The van der Waals surface area contributed by atoms with Crippen LogP contribution in [0.1, 0.15) is 46.5 Å². The molecule has 0 radical (unpaired) electrons. The zero-order valence-corrected chi connectivity index (χ0v) is 12.3. The SMILES string of the molecule is C=C(C)C1CC(=O)C(C)=C(N2C[C@H](O)CC[C@@H]2C)C1. The first kappa shape index (κ1) is 14.3. The van der Waals surface area contributed by atoms with E-state index >= 15 is 0 Å². The molecular weight excluding hydrogens is 238 g/mol. The molecule has 106 valence electrons. The zero-order valence-electron chi connectivity index (χ0n) is 12.3. The van der Waals surface area contributed by atoms with Gasteiger partial charge in [0.15, 0.2) is 5.78 Å². The lowest BCUT2D eigenvalue weighted by atomic mass is 9.81. The molecule has 1 heterocycles. The molecule has 0 aromatic heterocycles. The molecule has 1 aliphatic heterocycles. The lowest BCUT2D eigenvalue weighted by molar-refractivity contribution is -0.117. The molecule has 1 aliphatic carbocycles. The van der Waals surface area contributed by atoms with Crippen molar-refractivity contribution in [1.82, 2.24) is 4.90 Å². The Kier molecular flexibility index (Phi) is 4.14. The van der Waals surface area contributed by atoms with Crippen LogP contribution in [-0.4, -0.2) is 34.5 Å². The van der Waals surface area contributed by atoms with Crippen LogP contribution in [0.25, 0.3) is 0 Å². The van der Waals surface area contributed by atoms with Crippen LogP contribution < -0.4 is 0 Å². The Labute approximate surface area is 116 Å². The molecule has 1 saturated heterocycles. The minimum absolute atomic E-state index is 0.238. The number of likely N-dealkylation sites (tertiary alicyclic amines) is 1. The van der Waals surface area contributed by atoms with Crippen LogP contribution in [0.5, 0.6) is 0 Å². The van der Waals surface area contributed by atoms with Gasteiger partial charge >= 0.3 is 0 Å². The van der Waals surface area contributed by atoms with Crippen LogP contribution in [0.4, 0.5) is 0 Å². The van der Waals surface area contributed by atoms with Crippen molar-refractivity contribution >= 4 is 5.78 Å². The molecule has 2 rings (SSSR count). The fourth-order valence-corrected chi connectivity index (χ4v) is 3.14. The second-order valence-corrected chi connectivity index (χ2v) is 6.18. The van der Waals surface area contributed by atoms with E-state index in [-0.39, 0.29) is 17.8 Å². The van der Waals surface area contributed by atoms with Gasteiger partial charge in [-0.3, -0.25) is 4.79 Å². The fraction of sp³-hybridized carbons (Fsp3) is 0.688. The van der Waals surface area contributed by atoms with E-state index in [9.17, 15) is 9.90 Å². The van der Waals surface area contributed by atoms with E-state index in [4.69, 9.17) is 0 Å². The van der Waals surface area contributed by atoms with Gasteiger partial charge in [-0.25, -0.2) is 0 Å². The van der Waals surface area contributed by atoms with Crippen molar-refractivity contribution < 1.29 is 9.90 Å². The van der Waals surface area contributed by atoms with E-state index in [1.165, 1.54) is 0 Å². The molecule has 0 amide bonds. The molecule has 0 spiro atoms. The summed E-state index contributed by atoms with van der Waals surface area (Å²) in [5.41, 5.74) is 3.11. The van der Waals surface area contributed by atoms with Gasteiger partial charge in [0.2, 0.25) is 0 Å². The maximum Gasteiger partial charge on any atom is 0.160 e. The van der Waals surface area contributed by atoms with Crippen LogP contribution in [0, 0.1) is 5.92 Å². The molecule has 1 fully saturated rings. The van der Waals surface area contributed by atoms with Gasteiger partial charge in [0.05, 0.1) is 6.10 Å². The molecule has 0 saturated carbocycles. The van der Waals surface area contributed by atoms with Crippen molar-refractivity contribution in [3.8, 4) is 0 Å². The topological polar surface area (TPSA) is 40.5 Å². The van der Waals surface area contributed by atoms with Crippen molar-refractivity contribution in [1.29, 1.82) is 0 Å². The number of nitrogens with zero attached hydrogens (tertiary/aromatic N) is 1. The average Bonchev–Trinajstić information content (AvgIpc) is 2.35. The van der Waals surface area contributed by atoms with Crippen molar-refractivity contribution in [3.63, 3.8) is 0 Å². The summed E-state index contributed by atoms with van der Waals surface area (Å²) < 4.78 is 0. The van der Waals surface area contributed by atoms with Crippen molar-refractivity contribution in [2.45, 2.75) is 58.6 Å². The van der Waals surface area contributed by atoms with Crippen LogP contribution in [0.2, 0.25) is 0 Å². The van der Waals surface area contributed by atoms with E-state index < -0.39 is 0 Å². The first-order valence-corrected chi connectivity index (χ1v) is 7.23. The molecule has 0 bridgehead atoms. The number of rotatable bonds is 2. The maximum absolute atomic E-state index is 12.2. The highest BCUT2D eigenvalue weighted by atomic mass is 16.3. The highest BCUT2D eigenvalue weighted by Gasteiger charge is 2.32. The Morgan fingerprint density at radius 2 is 2.05 bits per heavy atom. The summed E-state index contributed by atoms with van der Waals surface area (Å²) in [6, 6.07) is 0.407. The summed E-state index contributed by atoms with van der Waals surface area (Å²) in [5, 5.41) is 9.89. The standard InChI is InChI=1S/C16H25NO2/c1-10(2)13-7-15(12(4)16(19)8-13)17-9-14(18)6-5-11(17)3/h11,13-14,18H,1,5-9H2,2-4H3/t11-,13?,14+/m0/s1. The largest absolute Gasteiger partial charge is 0.391 e. The molecule has 3 heteroatoms. The van der Waals surface area contributed by atoms with E-state index in [0.29, 0.717) is 19.0 Å². The third-order valence-electron chi connectivity index (χ3n) is 4.62. The van der Waals surface area contributed by atoms with Crippen LogP contribution in [0.15, 0.2) is 23.4 Å². The number of aliphatic hydroxyl groups excluding tert-OH is 1. The summed E-state index contributed by atoms with van der Waals surface area (Å²) in [7, 11) is 0. The van der Waals surface area contributed by atoms with E-state index in [1.54, 1.807) is 0 Å². The van der Waals surface area contributed by atoms with Crippen molar-refractivity contribution in [2.75, 3.05) is 6.54 Å². The minimum Gasteiger partial charge on any atom is -0.391 e. The van der Waals surface area contributed by atoms with Gasteiger partial charge in [-0.1, -0.05) is 12.2 Å². The zero-order chi connectivity index (χ0) is 14.2. The first-order valence-electron chi connectivity index (χ1n) is 7.23. The van der Waals surface area contributed by atoms with Gasteiger partial charge in [-0.05, 0) is 46.0 Å². The van der Waals surface area contributed by atoms with Gasteiger partial charge < -0.3 is 10.0 Å². The summed E-state index contributed by atoms with van der Waals surface area (Å²) in [4.78, 5) is 14.4. The van der Waals surface area contributed by atoms with Crippen molar-refractivity contribution in [3.05, 3.63) is 23.4 Å². The van der Waals surface area contributed by atoms with Crippen LogP contribution in [-0.2, 0) is 4.79 Å². The summed E-state index contributed by atoms with van der Waals surface area (Å²) in [6.45, 7) is 10.8. The third-order valence-corrected chi connectivity index (χ3v) is 4.62. The third kappa shape index (κ3) is 2.92. The summed E-state index contributed by atoms with van der Waals surface area (Å²) in [6.07, 6.45) is 3.07. The quantitative estimate of drug-likeness (QED) is 0.779.